The van der Waals surface area contributed by atoms with Gasteiger partial charge in [0.25, 0.3) is 0 Å². The highest BCUT2D eigenvalue weighted by Crippen LogP contribution is 2.14. The zero-order chi connectivity index (χ0) is 18.2. The number of nitrogens with zero attached hydrogens (tertiary/aromatic N) is 1. The maximum atomic E-state index is 11.9. The molecular formula is C18H16N4O3. The highest BCUT2D eigenvalue weighted by atomic mass is 16.2. The molecule has 0 aliphatic rings. The summed E-state index contributed by atoms with van der Waals surface area (Å²) in [6.07, 6.45) is -0.357. The molecule has 0 radical (unpaired) electrons. The molecule has 25 heavy (non-hydrogen) atoms. The molecule has 0 spiro atoms. The highest BCUT2D eigenvalue weighted by molar-refractivity contribution is 6.08. The smallest absolute Gasteiger partial charge is 0.233 e. The first-order valence-electron chi connectivity index (χ1n) is 7.44. The predicted octanol–water partition coefficient (Wildman–Crippen LogP) is 2.48. The third-order valence-electron chi connectivity index (χ3n) is 3.09. The van der Waals surface area contributed by atoms with Crippen molar-refractivity contribution in [3.63, 3.8) is 0 Å². The summed E-state index contributed by atoms with van der Waals surface area (Å²) in [5, 5.41) is 16.6. The van der Waals surface area contributed by atoms with Crippen LogP contribution in [-0.2, 0) is 14.4 Å². The third kappa shape index (κ3) is 5.80. The normalized spacial score (nSPS) is 9.60. The van der Waals surface area contributed by atoms with Crippen LogP contribution >= 0.6 is 0 Å². The first kappa shape index (κ1) is 17.7. The van der Waals surface area contributed by atoms with Crippen LogP contribution < -0.4 is 16.0 Å². The van der Waals surface area contributed by atoms with E-state index in [1.807, 2.05) is 6.07 Å². The van der Waals surface area contributed by atoms with E-state index >= 15 is 0 Å². The Morgan fingerprint density at radius 2 is 1.44 bits per heavy atom. The lowest BCUT2D eigenvalue weighted by Gasteiger charge is -2.08. The van der Waals surface area contributed by atoms with E-state index in [2.05, 4.69) is 16.0 Å². The predicted molar refractivity (Wildman–Crippen MR) is 93.8 cm³/mol. The molecule has 0 unspecified atom stereocenters. The van der Waals surface area contributed by atoms with Crippen molar-refractivity contribution in [3.8, 4) is 6.07 Å². The molecule has 0 aliphatic heterocycles. The topological polar surface area (TPSA) is 111 Å². The number of benzene rings is 2. The number of anilines is 3. The van der Waals surface area contributed by atoms with Crippen molar-refractivity contribution in [2.24, 2.45) is 0 Å². The van der Waals surface area contributed by atoms with Crippen LogP contribution in [0.15, 0.2) is 48.5 Å². The minimum atomic E-state index is -0.484. The van der Waals surface area contributed by atoms with Crippen molar-refractivity contribution in [1.82, 2.24) is 0 Å². The molecule has 3 amide bonds. The number of nitrogens with one attached hydrogen (secondary N) is 3. The second-order valence-corrected chi connectivity index (χ2v) is 5.22. The van der Waals surface area contributed by atoms with Crippen LogP contribution in [0, 0.1) is 11.3 Å². The van der Waals surface area contributed by atoms with Gasteiger partial charge in [-0.2, -0.15) is 5.26 Å². The Morgan fingerprint density at radius 3 is 2.00 bits per heavy atom. The second-order valence-electron chi connectivity index (χ2n) is 5.22. The Balaban J connectivity index is 1.87. The largest absolute Gasteiger partial charge is 0.326 e. The zero-order valence-electron chi connectivity index (χ0n) is 13.5. The molecule has 126 valence electrons. The summed E-state index contributed by atoms with van der Waals surface area (Å²) in [6.45, 7) is 1.40. The van der Waals surface area contributed by atoms with Crippen LogP contribution in [0.5, 0.6) is 0 Å². The van der Waals surface area contributed by atoms with E-state index in [4.69, 9.17) is 5.26 Å². The summed E-state index contributed by atoms with van der Waals surface area (Å²) >= 11 is 0. The maximum Gasteiger partial charge on any atom is 0.233 e. The first-order valence-corrected chi connectivity index (χ1v) is 7.44. The lowest BCUT2D eigenvalue weighted by atomic mass is 10.2. The Labute approximate surface area is 144 Å². The van der Waals surface area contributed by atoms with E-state index in [9.17, 15) is 14.4 Å². The van der Waals surface area contributed by atoms with Crippen LogP contribution in [0.1, 0.15) is 18.9 Å². The number of rotatable bonds is 5. The third-order valence-corrected chi connectivity index (χ3v) is 3.09. The van der Waals surface area contributed by atoms with Crippen LogP contribution in [0.4, 0.5) is 17.1 Å². The second kappa shape index (κ2) is 8.26. The zero-order valence-corrected chi connectivity index (χ0v) is 13.5. The van der Waals surface area contributed by atoms with Crippen LogP contribution in [0.25, 0.3) is 0 Å². The molecule has 0 aromatic heterocycles. The molecule has 7 heteroatoms. The number of hydrogen-bond donors (Lipinski definition) is 3. The van der Waals surface area contributed by atoms with Crippen molar-refractivity contribution in [1.29, 1.82) is 5.26 Å². The summed E-state index contributed by atoms with van der Waals surface area (Å²) in [5.41, 5.74) is 2.00. The Morgan fingerprint density at radius 1 is 0.880 bits per heavy atom. The minimum Gasteiger partial charge on any atom is -0.326 e. The van der Waals surface area contributed by atoms with E-state index in [1.165, 1.54) is 13.0 Å². The van der Waals surface area contributed by atoms with E-state index in [0.717, 1.165) is 0 Å². The molecule has 0 fully saturated rings. The lowest BCUT2D eigenvalue weighted by Crippen LogP contribution is -2.21. The van der Waals surface area contributed by atoms with Crippen LogP contribution in [-0.4, -0.2) is 17.7 Å². The standard InChI is InChI=1S/C18H16N4O3/c1-12(23)20-14-5-7-15(8-6-14)21-17(24)10-18(25)22-16-4-2-3-13(9-16)11-19/h2-9H,10H2,1H3,(H,20,23)(H,21,24)(H,22,25). The van der Waals surface area contributed by atoms with E-state index in [1.54, 1.807) is 42.5 Å². The molecule has 2 aromatic rings. The van der Waals surface area contributed by atoms with Gasteiger partial charge in [-0.25, -0.2) is 0 Å². The van der Waals surface area contributed by atoms with Gasteiger partial charge < -0.3 is 16.0 Å². The van der Waals surface area contributed by atoms with Crippen LogP contribution in [0.2, 0.25) is 0 Å². The van der Waals surface area contributed by atoms with Crippen molar-refractivity contribution in [3.05, 3.63) is 54.1 Å². The molecule has 0 bridgehead atoms. The molecule has 0 atom stereocenters. The highest BCUT2D eigenvalue weighted by Gasteiger charge is 2.10. The fraction of sp³-hybridized carbons (Fsp3) is 0.111. The van der Waals surface area contributed by atoms with Gasteiger partial charge >= 0.3 is 0 Å². The van der Waals surface area contributed by atoms with Crippen LogP contribution in [0.3, 0.4) is 0 Å². The molecule has 0 heterocycles. The summed E-state index contributed by atoms with van der Waals surface area (Å²) in [4.78, 5) is 34.7. The molecule has 2 rings (SSSR count). The number of carbonyl (C=O) groups is 3. The summed E-state index contributed by atoms with van der Waals surface area (Å²) in [6, 6.07) is 14.9. The van der Waals surface area contributed by atoms with Gasteiger partial charge in [-0.05, 0) is 42.5 Å². The van der Waals surface area contributed by atoms with Gasteiger partial charge in [0, 0.05) is 24.0 Å². The summed E-state index contributed by atoms with van der Waals surface area (Å²) in [7, 11) is 0. The molecule has 0 saturated heterocycles. The minimum absolute atomic E-state index is 0.186. The molecular weight excluding hydrogens is 320 g/mol. The number of hydrogen-bond acceptors (Lipinski definition) is 4. The average molecular weight is 336 g/mol. The fourth-order valence-electron chi connectivity index (χ4n) is 2.06. The van der Waals surface area contributed by atoms with Gasteiger partial charge in [-0.3, -0.25) is 14.4 Å². The molecule has 7 nitrogen and oxygen atoms in total. The van der Waals surface area contributed by atoms with Crippen molar-refractivity contribution >= 4 is 34.8 Å². The molecule has 2 aromatic carbocycles. The molecule has 0 aliphatic carbocycles. The summed E-state index contributed by atoms with van der Waals surface area (Å²) in [5.74, 6) is -1.14. The van der Waals surface area contributed by atoms with E-state index < -0.39 is 11.8 Å². The Bertz CT molecular complexity index is 838. The quantitative estimate of drug-likeness (QED) is 0.728. The van der Waals surface area contributed by atoms with Crippen molar-refractivity contribution < 1.29 is 14.4 Å². The van der Waals surface area contributed by atoms with Gasteiger partial charge in [0.2, 0.25) is 17.7 Å². The van der Waals surface area contributed by atoms with E-state index in [0.29, 0.717) is 22.6 Å². The van der Waals surface area contributed by atoms with Gasteiger partial charge in [-0.15, -0.1) is 0 Å². The maximum absolute atomic E-state index is 11.9. The van der Waals surface area contributed by atoms with Gasteiger partial charge in [-0.1, -0.05) is 6.07 Å². The van der Waals surface area contributed by atoms with Crippen molar-refractivity contribution in [2.75, 3.05) is 16.0 Å². The lowest BCUT2D eigenvalue weighted by molar-refractivity contribution is -0.123. The summed E-state index contributed by atoms with van der Waals surface area (Å²) < 4.78 is 0. The average Bonchev–Trinajstić information content (AvgIpc) is 2.56. The fourth-order valence-corrected chi connectivity index (χ4v) is 2.06. The Hall–Kier alpha value is -3.66. The van der Waals surface area contributed by atoms with Gasteiger partial charge in [0.1, 0.15) is 6.42 Å². The van der Waals surface area contributed by atoms with Gasteiger partial charge in [0.05, 0.1) is 11.6 Å². The monoisotopic (exact) mass is 336 g/mol. The first-order chi connectivity index (χ1) is 12.0. The Kier molecular flexibility index (Phi) is 5.85. The number of nitriles is 1. The van der Waals surface area contributed by atoms with Crippen molar-refractivity contribution in [2.45, 2.75) is 13.3 Å². The van der Waals surface area contributed by atoms with E-state index in [-0.39, 0.29) is 12.3 Å². The molecule has 0 saturated carbocycles. The number of carbonyl (C=O) groups excluding carboxylic acids is 3. The van der Waals surface area contributed by atoms with Gasteiger partial charge in [0.15, 0.2) is 0 Å². The molecule has 3 N–H and O–H groups in total. The SMILES string of the molecule is CC(=O)Nc1ccc(NC(=O)CC(=O)Nc2cccc(C#N)c2)cc1. The number of amides is 3.